The Bertz CT molecular complexity index is 438. The number of likely N-dealkylation sites (tertiary alicyclic amines) is 1. The minimum absolute atomic E-state index is 0.222. The van der Waals surface area contributed by atoms with Gasteiger partial charge in [-0.15, -0.1) is 0 Å². The first-order valence-electron chi connectivity index (χ1n) is 5.94. The van der Waals surface area contributed by atoms with Crippen LogP contribution in [0.15, 0.2) is 12.2 Å². The Hall–Kier alpha value is -1.50. The van der Waals surface area contributed by atoms with Crippen LogP contribution >= 0.6 is 0 Å². The fourth-order valence-corrected chi connectivity index (χ4v) is 3.50. The number of nitro groups is 2. The van der Waals surface area contributed by atoms with Gasteiger partial charge in [0.25, 0.3) is 5.54 Å². The molecule has 0 spiro atoms. The third kappa shape index (κ3) is 1.33. The molecule has 100 valence electrons. The second-order valence-electron chi connectivity index (χ2n) is 5.54. The lowest BCUT2D eigenvalue weighted by Crippen LogP contribution is -2.72. The second kappa shape index (κ2) is 3.74. The molecule has 0 aromatic rings. The van der Waals surface area contributed by atoms with E-state index in [-0.39, 0.29) is 28.9 Å². The number of hydrogen-bond donors (Lipinski definition) is 0. The monoisotopic (exact) mass is 255 g/mol. The normalized spacial score (nSPS) is 43.7. The molecule has 2 bridgehead atoms. The van der Waals surface area contributed by atoms with E-state index in [1.54, 1.807) is 37.9 Å². The van der Waals surface area contributed by atoms with Crippen LogP contribution in [0.4, 0.5) is 0 Å². The molecule has 0 aromatic carbocycles. The molecule has 0 N–H and O–H groups in total. The summed E-state index contributed by atoms with van der Waals surface area (Å²) in [7, 11) is 1.70. The lowest BCUT2D eigenvalue weighted by atomic mass is 9.60. The van der Waals surface area contributed by atoms with E-state index in [2.05, 4.69) is 0 Å². The second-order valence-corrected chi connectivity index (χ2v) is 5.54. The van der Waals surface area contributed by atoms with Gasteiger partial charge in [-0.25, -0.2) is 0 Å². The van der Waals surface area contributed by atoms with Gasteiger partial charge in [0.05, 0.1) is 13.1 Å². The Kier molecular flexibility index (Phi) is 2.69. The van der Waals surface area contributed by atoms with E-state index in [0.29, 0.717) is 0 Å². The van der Waals surface area contributed by atoms with Crippen LogP contribution < -0.4 is 0 Å². The summed E-state index contributed by atoms with van der Waals surface area (Å²) in [5.74, 6) is -0.926. The molecule has 2 rings (SSSR count). The van der Waals surface area contributed by atoms with Crippen molar-refractivity contribution in [2.75, 3.05) is 20.1 Å². The van der Waals surface area contributed by atoms with E-state index < -0.39 is 17.0 Å². The molecule has 1 heterocycles. The number of piperidine rings is 1. The third-order valence-corrected chi connectivity index (χ3v) is 4.69. The van der Waals surface area contributed by atoms with Crippen LogP contribution in [-0.2, 0) is 0 Å². The highest BCUT2D eigenvalue weighted by Gasteiger charge is 2.70. The van der Waals surface area contributed by atoms with Crippen molar-refractivity contribution in [1.82, 2.24) is 4.90 Å². The molecule has 0 radical (unpaired) electrons. The molecule has 7 heteroatoms. The Morgan fingerprint density at radius 1 is 1.22 bits per heavy atom. The van der Waals surface area contributed by atoms with Gasteiger partial charge in [-0.2, -0.15) is 0 Å². The molecule has 7 nitrogen and oxygen atoms in total. The summed E-state index contributed by atoms with van der Waals surface area (Å²) in [5.41, 5.74) is -2.61. The van der Waals surface area contributed by atoms with Gasteiger partial charge in [-0.1, -0.05) is 13.0 Å². The Morgan fingerprint density at radius 3 is 2.33 bits per heavy atom. The molecular formula is C11H17N3O4. The SMILES string of the molecule is C[C@@H]1[C@]2([N+](=O)[O-])CN(C)C[C@]1([N+](=O)[O-])C=C[C@@H]2C. The van der Waals surface area contributed by atoms with Gasteiger partial charge in [0.2, 0.25) is 5.54 Å². The highest BCUT2D eigenvalue weighted by Crippen LogP contribution is 2.47. The molecule has 0 unspecified atom stereocenters. The molecule has 1 aliphatic heterocycles. The summed E-state index contributed by atoms with van der Waals surface area (Å²) < 4.78 is 0. The Morgan fingerprint density at radius 2 is 1.83 bits per heavy atom. The molecule has 0 aromatic heterocycles. The van der Waals surface area contributed by atoms with E-state index in [4.69, 9.17) is 0 Å². The summed E-state index contributed by atoms with van der Waals surface area (Å²) in [4.78, 5) is 24.0. The van der Waals surface area contributed by atoms with Crippen molar-refractivity contribution in [1.29, 1.82) is 0 Å². The van der Waals surface area contributed by atoms with Crippen LogP contribution in [0.25, 0.3) is 0 Å². The van der Waals surface area contributed by atoms with Gasteiger partial charge in [0, 0.05) is 15.8 Å². The predicted molar refractivity (Wildman–Crippen MR) is 64.4 cm³/mol. The van der Waals surface area contributed by atoms with E-state index in [1.807, 2.05) is 0 Å². The lowest BCUT2D eigenvalue weighted by Gasteiger charge is -2.49. The standard InChI is InChI=1S/C11H17N3O4/c1-8-4-5-10(13(15)16)6-12(3)7-11(8,9(10)2)14(17)18/h4-5,8-9H,6-7H2,1-3H3/t8-,9-,10+,11-/m0/s1. The van der Waals surface area contributed by atoms with E-state index >= 15 is 0 Å². The largest absolute Gasteiger partial charge is 0.292 e. The zero-order valence-electron chi connectivity index (χ0n) is 10.7. The molecule has 0 saturated carbocycles. The number of likely N-dealkylation sites (N-methyl/N-ethyl adjacent to an activating group) is 1. The van der Waals surface area contributed by atoms with Crippen molar-refractivity contribution < 1.29 is 9.85 Å². The molecule has 1 aliphatic carbocycles. The average molecular weight is 255 g/mol. The molecule has 4 atom stereocenters. The van der Waals surface area contributed by atoms with Crippen molar-refractivity contribution in [2.45, 2.75) is 24.9 Å². The highest BCUT2D eigenvalue weighted by atomic mass is 16.6. The van der Waals surface area contributed by atoms with Gasteiger partial charge in [-0.3, -0.25) is 25.1 Å². The van der Waals surface area contributed by atoms with Crippen LogP contribution in [0.1, 0.15) is 13.8 Å². The van der Waals surface area contributed by atoms with Crippen molar-refractivity contribution in [3.8, 4) is 0 Å². The van der Waals surface area contributed by atoms with Gasteiger partial charge < -0.3 is 0 Å². The summed E-state index contributed by atoms with van der Waals surface area (Å²) in [6.07, 6.45) is 3.19. The van der Waals surface area contributed by atoms with Gasteiger partial charge >= 0.3 is 0 Å². The zero-order valence-corrected chi connectivity index (χ0v) is 10.7. The van der Waals surface area contributed by atoms with E-state index in [9.17, 15) is 20.2 Å². The predicted octanol–water partition coefficient (Wildman–Crippen LogP) is 0.805. The summed E-state index contributed by atoms with van der Waals surface area (Å²) >= 11 is 0. The molecule has 2 aliphatic rings. The summed E-state index contributed by atoms with van der Waals surface area (Å²) in [5, 5.41) is 23.0. The first-order valence-corrected chi connectivity index (χ1v) is 5.94. The van der Waals surface area contributed by atoms with Gasteiger partial charge in [0.1, 0.15) is 5.92 Å². The fourth-order valence-electron chi connectivity index (χ4n) is 3.50. The maximum atomic E-state index is 11.5. The minimum Gasteiger partial charge on any atom is -0.292 e. The Labute approximate surface area is 105 Å². The smallest absolute Gasteiger partial charge is 0.262 e. The van der Waals surface area contributed by atoms with Crippen LogP contribution in [0, 0.1) is 32.1 Å². The zero-order chi connectivity index (χ0) is 13.7. The van der Waals surface area contributed by atoms with Gasteiger partial charge in [-0.05, 0) is 20.0 Å². The van der Waals surface area contributed by atoms with Crippen LogP contribution in [-0.4, -0.2) is 46.0 Å². The molecular weight excluding hydrogens is 238 g/mol. The highest BCUT2D eigenvalue weighted by molar-refractivity contribution is 5.22. The Balaban J connectivity index is 2.63. The number of nitrogens with zero attached hydrogens (tertiary/aromatic N) is 3. The van der Waals surface area contributed by atoms with Crippen molar-refractivity contribution >= 4 is 0 Å². The number of hydrogen-bond acceptors (Lipinski definition) is 5. The lowest BCUT2D eigenvalue weighted by molar-refractivity contribution is -0.640. The number of rotatable bonds is 2. The summed E-state index contributed by atoms with van der Waals surface area (Å²) in [6.45, 7) is 3.87. The van der Waals surface area contributed by atoms with Crippen molar-refractivity contribution in [2.24, 2.45) is 11.8 Å². The van der Waals surface area contributed by atoms with Crippen LogP contribution in [0.3, 0.4) is 0 Å². The maximum Gasteiger partial charge on any atom is 0.262 e. The number of fused-ring (bicyclic) bond motifs is 2. The fraction of sp³-hybridized carbons (Fsp3) is 0.818. The maximum absolute atomic E-state index is 11.5. The first-order chi connectivity index (χ1) is 8.27. The van der Waals surface area contributed by atoms with Crippen molar-refractivity contribution in [3.05, 3.63) is 32.4 Å². The first kappa shape index (κ1) is 12.9. The van der Waals surface area contributed by atoms with Crippen LogP contribution in [0.2, 0.25) is 0 Å². The topological polar surface area (TPSA) is 89.5 Å². The van der Waals surface area contributed by atoms with E-state index in [0.717, 1.165) is 0 Å². The molecule has 18 heavy (non-hydrogen) atoms. The molecule has 0 amide bonds. The minimum atomic E-state index is -1.34. The third-order valence-electron chi connectivity index (χ3n) is 4.69. The van der Waals surface area contributed by atoms with Crippen molar-refractivity contribution in [3.63, 3.8) is 0 Å². The summed E-state index contributed by atoms with van der Waals surface area (Å²) in [6, 6.07) is 0. The quantitative estimate of drug-likeness (QED) is 0.413. The molecule has 1 saturated heterocycles. The average Bonchev–Trinajstić information content (AvgIpc) is 2.26. The van der Waals surface area contributed by atoms with E-state index in [1.165, 1.54) is 0 Å². The van der Waals surface area contributed by atoms with Gasteiger partial charge in [0.15, 0.2) is 0 Å². The molecule has 1 fully saturated rings. The van der Waals surface area contributed by atoms with Crippen LogP contribution in [0.5, 0.6) is 0 Å².